The van der Waals surface area contributed by atoms with Gasteiger partial charge in [-0.2, -0.15) is 0 Å². The van der Waals surface area contributed by atoms with E-state index in [9.17, 15) is 9.18 Å². The highest BCUT2D eigenvalue weighted by Crippen LogP contribution is 2.45. The zero-order valence-corrected chi connectivity index (χ0v) is 9.83. The smallest absolute Gasteiger partial charge is 0.170 e. The summed E-state index contributed by atoms with van der Waals surface area (Å²) in [6, 6.07) is 4.21. The van der Waals surface area contributed by atoms with E-state index in [2.05, 4.69) is 6.92 Å². The standard InChI is InChI=1S/C14H15FO2/c1-9-4-5-14(7-9)8-12(16)11-6-10(15)2-3-13(11)17-14/h2-3,6,9H,4-5,7-8H2,1H3. The summed E-state index contributed by atoms with van der Waals surface area (Å²) in [6.07, 6.45) is 3.35. The van der Waals surface area contributed by atoms with Crippen LogP contribution in [0.2, 0.25) is 0 Å². The lowest BCUT2D eigenvalue weighted by molar-refractivity contribution is 0.0427. The normalized spacial score (nSPS) is 31.4. The molecule has 1 heterocycles. The first-order valence-corrected chi connectivity index (χ1v) is 6.10. The fourth-order valence-electron chi connectivity index (χ4n) is 3.07. The van der Waals surface area contributed by atoms with E-state index in [-0.39, 0.29) is 17.2 Å². The van der Waals surface area contributed by atoms with Crippen LogP contribution in [0, 0.1) is 11.7 Å². The van der Waals surface area contributed by atoms with Crippen molar-refractivity contribution in [3.8, 4) is 5.75 Å². The van der Waals surface area contributed by atoms with Crippen LogP contribution < -0.4 is 4.74 Å². The topological polar surface area (TPSA) is 26.3 Å². The molecule has 1 aliphatic heterocycles. The monoisotopic (exact) mass is 234 g/mol. The lowest BCUT2D eigenvalue weighted by atomic mass is 9.88. The molecular weight excluding hydrogens is 219 g/mol. The molecule has 2 nitrogen and oxygen atoms in total. The number of rotatable bonds is 0. The first-order valence-electron chi connectivity index (χ1n) is 6.10. The molecule has 2 atom stereocenters. The van der Waals surface area contributed by atoms with E-state index in [1.807, 2.05) is 0 Å². The van der Waals surface area contributed by atoms with Crippen LogP contribution in [0.15, 0.2) is 18.2 Å². The van der Waals surface area contributed by atoms with Gasteiger partial charge in [0.1, 0.15) is 17.2 Å². The second-order valence-electron chi connectivity index (χ2n) is 5.37. The Labute approximate surface area is 99.8 Å². The predicted octanol–water partition coefficient (Wildman–Crippen LogP) is 3.35. The molecule has 1 saturated carbocycles. The molecule has 0 bridgehead atoms. The van der Waals surface area contributed by atoms with Crippen LogP contribution in [0.3, 0.4) is 0 Å². The average molecular weight is 234 g/mol. The predicted molar refractivity (Wildman–Crippen MR) is 61.7 cm³/mol. The third-order valence-electron chi connectivity index (χ3n) is 3.86. The molecule has 0 N–H and O–H groups in total. The van der Waals surface area contributed by atoms with Gasteiger partial charge in [-0.3, -0.25) is 4.79 Å². The zero-order chi connectivity index (χ0) is 12.0. The second kappa shape index (κ2) is 3.56. The Morgan fingerprint density at radius 2 is 2.29 bits per heavy atom. The number of benzene rings is 1. The number of hydrogen-bond acceptors (Lipinski definition) is 2. The van der Waals surface area contributed by atoms with E-state index >= 15 is 0 Å². The van der Waals surface area contributed by atoms with Gasteiger partial charge in [0.05, 0.1) is 12.0 Å². The van der Waals surface area contributed by atoms with E-state index in [0.29, 0.717) is 23.7 Å². The molecule has 0 aromatic heterocycles. The van der Waals surface area contributed by atoms with E-state index < -0.39 is 0 Å². The molecule has 1 aromatic rings. The summed E-state index contributed by atoms with van der Waals surface area (Å²) in [4.78, 5) is 12.1. The molecule has 0 radical (unpaired) electrons. The van der Waals surface area contributed by atoms with Crippen molar-refractivity contribution in [1.82, 2.24) is 0 Å². The van der Waals surface area contributed by atoms with Crippen LogP contribution in [0.4, 0.5) is 4.39 Å². The molecule has 1 aromatic carbocycles. The number of halogens is 1. The number of carbonyl (C=O) groups excluding carboxylic acids is 1. The third kappa shape index (κ3) is 1.74. The lowest BCUT2D eigenvalue weighted by Gasteiger charge is -2.34. The van der Waals surface area contributed by atoms with E-state index in [0.717, 1.165) is 19.3 Å². The molecule has 1 aliphatic carbocycles. The summed E-state index contributed by atoms with van der Waals surface area (Å²) in [5.74, 6) is 0.790. The Balaban J connectivity index is 1.98. The summed E-state index contributed by atoms with van der Waals surface area (Å²) in [6.45, 7) is 2.18. The van der Waals surface area contributed by atoms with Crippen molar-refractivity contribution in [2.45, 2.75) is 38.2 Å². The van der Waals surface area contributed by atoms with Crippen LogP contribution in [0.5, 0.6) is 5.75 Å². The molecular formula is C14H15FO2. The molecule has 17 heavy (non-hydrogen) atoms. The van der Waals surface area contributed by atoms with Gasteiger partial charge >= 0.3 is 0 Å². The highest BCUT2D eigenvalue weighted by Gasteiger charge is 2.45. The molecule has 2 unspecified atom stereocenters. The summed E-state index contributed by atoms with van der Waals surface area (Å²) < 4.78 is 19.1. The number of carbonyl (C=O) groups is 1. The number of ether oxygens (including phenoxy) is 1. The van der Waals surface area contributed by atoms with Gasteiger partial charge in [-0.05, 0) is 43.4 Å². The van der Waals surface area contributed by atoms with Crippen LogP contribution in [0.1, 0.15) is 43.0 Å². The Morgan fingerprint density at radius 1 is 1.47 bits per heavy atom. The maximum atomic E-state index is 13.1. The van der Waals surface area contributed by atoms with Gasteiger partial charge in [0, 0.05) is 0 Å². The molecule has 90 valence electrons. The van der Waals surface area contributed by atoms with Gasteiger partial charge < -0.3 is 4.74 Å². The summed E-state index contributed by atoms with van der Waals surface area (Å²) in [7, 11) is 0. The van der Waals surface area contributed by atoms with Crippen LogP contribution >= 0.6 is 0 Å². The Kier molecular flexibility index (Phi) is 2.25. The number of Topliss-reactive ketones (excluding diaryl/α,β-unsaturated/α-hetero) is 1. The molecule has 2 aliphatic rings. The molecule has 1 fully saturated rings. The Morgan fingerprint density at radius 3 is 3.00 bits per heavy atom. The fraction of sp³-hybridized carbons (Fsp3) is 0.500. The molecule has 1 spiro atoms. The minimum absolute atomic E-state index is 0.0138. The minimum atomic E-state index is -0.378. The molecule has 3 rings (SSSR count). The lowest BCUT2D eigenvalue weighted by Crippen LogP contribution is -2.39. The number of hydrogen-bond donors (Lipinski definition) is 0. The van der Waals surface area contributed by atoms with Crippen molar-refractivity contribution in [3.05, 3.63) is 29.6 Å². The van der Waals surface area contributed by atoms with Crippen LogP contribution in [0.25, 0.3) is 0 Å². The largest absolute Gasteiger partial charge is 0.486 e. The quantitative estimate of drug-likeness (QED) is 0.688. The summed E-state index contributed by atoms with van der Waals surface area (Å²) >= 11 is 0. The minimum Gasteiger partial charge on any atom is -0.486 e. The van der Waals surface area contributed by atoms with E-state index in [1.165, 1.54) is 12.1 Å². The van der Waals surface area contributed by atoms with Crippen LogP contribution in [-0.4, -0.2) is 11.4 Å². The first kappa shape index (κ1) is 10.8. The fourth-order valence-corrected chi connectivity index (χ4v) is 3.07. The molecule has 0 amide bonds. The SMILES string of the molecule is CC1CCC2(CC(=O)c3cc(F)ccc3O2)C1. The van der Waals surface area contributed by atoms with Crippen molar-refractivity contribution in [2.24, 2.45) is 5.92 Å². The highest BCUT2D eigenvalue weighted by atomic mass is 19.1. The molecule has 0 saturated heterocycles. The first-order chi connectivity index (χ1) is 8.08. The van der Waals surface area contributed by atoms with Gasteiger partial charge in [0.2, 0.25) is 0 Å². The second-order valence-corrected chi connectivity index (χ2v) is 5.37. The Hall–Kier alpha value is -1.38. The Bertz CT molecular complexity index is 483. The van der Waals surface area contributed by atoms with Crippen molar-refractivity contribution in [2.75, 3.05) is 0 Å². The van der Waals surface area contributed by atoms with Gasteiger partial charge in [-0.15, -0.1) is 0 Å². The van der Waals surface area contributed by atoms with Crippen LogP contribution in [-0.2, 0) is 0 Å². The van der Waals surface area contributed by atoms with E-state index in [4.69, 9.17) is 4.74 Å². The van der Waals surface area contributed by atoms with E-state index in [1.54, 1.807) is 6.07 Å². The van der Waals surface area contributed by atoms with Crippen molar-refractivity contribution in [1.29, 1.82) is 0 Å². The highest BCUT2D eigenvalue weighted by molar-refractivity contribution is 6.00. The zero-order valence-electron chi connectivity index (χ0n) is 9.83. The maximum absolute atomic E-state index is 13.1. The average Bonchev–Trinajstić information content (AvgIpc) is 2.61. The molecule has 3 heteroatoms. The summed E-state index contributed by atoms with van der Waals surface area (Å²) in [5, 5.41) is 0. The van der Waals surface area contributed by atoms with Crippen molar-refractivity contribution in [3.63, 3.8) is 0 Å². The third-order valence-corrected chi connectivity index (χ3v) is 3.86. The van der Waals surface area contributed by atoms with Gasteiger partial charge in [-0.25, -0.2) is 4.39 Å². The van der Waals surface area contributed by atoms with Gasteiger partial charge in [0.15, 0.2) is 5.78 Å². The van der Waals surface area contributed by atoms with Crippen molar-refractivity contribution >= 4 is 5.78 Å². The number of fused-ring (bicyclic) bond motifs is 1. The van der Waals surface area contributed by atoms with Gasteiger partial charge in [0.25, 0.3) is 0 Å². The van der Waals surface area contributed by atoms with Gasteiger partial charge in [-0.1, -0.05) is 6.92 Å². The maximum Gasteiger partial charge on any atom is 0.170 e. The number of ketones is 1. The van der Waals surface area contributed by atoms with Crippen molar-refractivity contribution < 1.29 is 13.9 Å². The summed E-state index contributed by atoms with van der Waals surface area (Å²) in [5.41, 5.74) is 0.0802.